The third kappa shape index (κ3) is 6.52. The van der Waals surface area contributed by atoms with E-state index in [1.807, 2.05) is 0 Å². The van der Waals surface area contributed by atoms with Crippen molar-refractivity contribution in [1.29, 1.82) is 0 Å². The molecule has 8 heteroatoms. The van der Waals surface area contributed by atoms with Crippen molar-refractivity contribution in [2.24, 2.45) is 0 Å². The Kier molecular flexibility index (Phi) is 6.79. The molecule has 25 heavy (non-hydrogen) atoms. The summed E-state index contributed by atoms with van der Waals surface area (Å²) >= 11 is 5.93. The molecule has 0 unspecified atom stereocenters. The summed E-state index contributed by atoms with van der Waals surface area (Å²) in [6.45, 7) is 0. The van der Waals surface area contributed by atoms with E-state index in [9.17, 15) is 14.4 Å². The standard InChI is InChI=1S/C17H16ClN3O4/c18-13-5-1-2-6-14(13)19-15(22)9-10-17(24)21-20-16(23)8-7-12-4-3-11-25-12/h1-8,11H,9-10H2,(H,19,22)(H,20,23)(H,21,24). The normalized spacial score (nSPS) is 10.4. The molecule has 0 bridgehead atoms. The lowest BCUT2D eigenvalue weighted by atomic mass is 10.2. The van der Waals surface area contributed by atoms with Crippen LogP contribution in [0.5, 0.6) is 0 Å². The summed E-state index contributed by atoms with van der Waals surface area (Å²) in [6.07, 6.45) is 4.02. The maximum Gasteiger partial charge on any atom is 0.262 e. The van der Waals surface area contributed by atoms with E-state index >= 15 is 0 Å². The van der Waals surface area contributed by atoms with Crippen molar-refractivity contribution in [2.75, 3.05) is 5.32 Å². The summed E-state index contributed by atoms with van der Waals surface area (Å²) in [4.78, 5) is 34.9. The van der Waals surface area contributed by atoms with E-state index in [-0.39, 0.29) is 18.7 Å². The summed E-state index contributed by atoms with van der Waals surface area (Å²) in [5.41, 5.74) is 4.90. The molecule has 1 aromatic heterocycles. The first-order valence-corrected chi connectivity index (χ1v) is 7.77. The van der Waals surface area contributed by atoms with Gasteiger partial charge in [-0.25, -0.2) is 0 Å². The Morgan fingerprint density at radius 3 is 2.48 bits per heavy atom. The average molecular weight is 362 g/mol. The van der Waals surface area contributed by atoms with Crippen LogP contribution in [0.2, 0.25) is 5.02 Å². The summed E-state index contributed by atoms with van der Waals surface area (Å²) < 4.78 is 5.02. The summed E-state index contributed by atoms with van der Waals surface area (Å²) in [5.74, 6) is -0.857. The van der Waals surface area contributed by atoms with Gasteiger partial charge in [-0.05, 0) is 30.3 Å². The Bertz CT molecular complexity index is 772. The van der Waals surface area contributed by atoms with Crippen LogP contribution in [0.15, 0.2) is 53.2 Å². The minimum Gasteiger partial charge on any atom is -0.465 e. The Balaban J connectivity index is 1.67. The number of amides is 3. The zero-order chi connectivity index (χ0) is 18.1. The maximum absolute atomic E-state index is 11.8. The highest BCUT2D eigenvalue weighted by atomic mass is 35.5. The van der Waals surface area contributed by atoms with E-state index < -0.39 is 11.8 Å². The maximum atomic E-state index is 11.8. The quantitative estimate of drug-likeness (QED) is 0.543. The molecule has 1 heterocycles. The van der Waals surface area contributed by atoms with Crippen LogP contribution >= 0.6 is 11.6 Å². The van der Waals surface area contributed by atoms with Crippen molar-refractivity contribution >= 4 is 41.1 Å². The van der Waals surface area contributed by atoms with Gasteiger partial charge in [0.25, 0.3) is 5.91 Å². The second kappa shape index (κ2) is 9.29. The van der Waals surface area contributed by atoms with Gasteiger partial charge in [-0.3, -0.25) is 25.2 Å². The number of rotatable bonds is 6. The molecular weight excluding hydrogens is 346 g/mol. The minimum absolute atomic E-state index is 0.0465. The molecule has 2 aromatic rings. The van der Waals surface area contributed by atoms with Crippen LogP contribution in [-0.2, 0) is 14.4 Å². The largest absolute Gasteiger partial charge is 0.465 e. The van der Waals surface area contributed by atoms with Crippen molar-refractivity contribution in [3.05, 3.63) is 59.5 Å². The van der Waals surface area contributed by atoms with Crippen LogP contribution < -0.4 is 16.2 Å². The van der Waals surface area contributed by atoms with Gasteiger partial charge in [0, 0.05) is 18.9 Å². The number of para-hydroxylation sites is 1. The van der Waals surface area contributed by atoms with E-state index in [1.54, 1.807) is 36.4 Å². The Hall–Kier alpha value is -3.06. The number of hydrogen-bond acceptors (Lipinski definition) is 4. The monoisotopic (exact) mass is 361 g/mol. The fourth-order valence-corrected chi connectivity index (χ4v) is 1.96. The van der Waals surface area contributed by atoms with Crippen LogP contribution in [0.4, 0.5) is 5.69 Å². The molecule has 0 aliphatic heterocycles. The third-order valence-electron chi connectivity index (χ3n) is 2.99. The van der Waals surface area contributed by atoms with Crippen LogP contribution in [-0.4, -0.2) is 17.7 Å². The molecule has 3 amide bonds. The zero-order valence-electron chi connectivity index (χ0n) is 13.1. The smallest absolute Gasteiger partial charge is 0.262 e. The second-order valence-corrected chi connectivity index (χ2v) is 5.32. The number of benzene rings is 1. The minimum atomic E-state index is -0.523. The molecule has 0 radical (unpaired) electrons. The molecule has 130 valence electrons. The highest BCUT2D eigenvalue weighted by molar-refractivity contribution is 6.33. The number of anilines is 1. The lowest BCUT2D eigenvalue weighted by Crippen LogP contribution is -2.41. The lowest BCUT2D eigenvalue weighted by molar-refractivity contribution is -0.128. The molecule has 1 aromatic carbocycles. The topological polar surface area (TPSA) is 100 Å². The van der Waals surface area contributed by atoms with E-state index in [1.165, 1.54) is 18.4 Å². The average Bonchev–Trinajstić information content (AvgIpc) is 3.12. The molecule has 2 rings (SSSR count). The molecular formula is C17H16ClN3O4. The van der Waals surface area contributed by atoms with E-state index in [0.717, 1.165) is 0 Å². The number of halogens is 1. The fourth-order valence-electron chi connectivity index (χ4n) is 1.78. The van der Waals surface area contributed by atoms with Crippen molar-refractivity contribution in [3.8, 4) is 0 Å². The van der Waals surface area contributed by atoms with Gasteiger partial charge < -0.3 is 9.73 Å². The van der Waals surface area contributed by atoms with E-state index in [2.05, 4.69) is 16.2 Å². The van der Waals surface area contributed by atoms with Crippen LogP contribution in [0.3, 0.4) is 0 Å². The van der Waals surface area contributed by atoms with Gasteiger partial charge in [-0.1, -0.05) is 23.7 Å². The number of nitrogens with one attached hydrogen (secondary N) is 3. The van der Waals surface area contributed by atoms with Gasteiger partial charge in [0.2, 0.25) is 11.8 Å². The molecule has 0 saturated heterocycles. The molecule has 7 nitrogen and oxygen atoms in total. The molecule has 0 spiro atoms. The van der Waals surface area contributed by atoms with Gasteiger partial charge in [-0.15, -0.1) is 0 Å². The van der Waals surface area contributed by atoms with Gasteiger partial charge in [-0.2, -0.15) is 0 Å². The summed E-state index contributed by atoms with van der Waals surface area (Å²) in [6, 6.07) is 10.2. The van der Waals surface area contributed by atoms with Gasteiger partial charge in [0.05, 0.1) is 17.0 Å². The molecule has 0 aliphatic rings. The van der Waals surface area contributed by atoms with Crippen LogP contribution in [0.25, 0.3) is 6.08 Å². The molecule has 0 aliphatic carbocycles. The van der Waals surface area contributed by atoms with Crippen molar-refractivity contribution in [3.63, 3.8) is 0 Å². The molecule has 3 N–H and O–H groups in total. The number of carbonyl (C=O) groups excluding carboxylic acids is 3. The second-order valence-electron chi connectivity index (χ2n) is 4.91. The zero-order valence-corrected chi connectivity index (χ0v) is 13.9. The number of carbonyl (C=O) groups is 3. The third-order valence-corrected chi connectivity index (χ3v) is 3.32. The van der Waals surface area contributed by atoms with Crippen molar-refractivity contribution in [1.82, 2.24) is 10.9 Å². The van der Waals surface area contributed by atoms with E-state index in [4.69, 9.17) is 16.0 Å². The lowest BCUT2D eigenvalue weighted by Gasteiger charge is -2.07. The number of furan rings is 1. The Labute approximate surface area is 149 Å². The predicted molar refractivity (Wildman–Crippen MR) is 93.3 cm³/mol. The first-order chi connectivity index (χ1) is 12.0. The first kappa shape index (κ1) is 18.3. The number of hydrazine groups is 1. The van der Waals surface area contributed by atoms with Crippen molar-refractivity contribution < 1.29 is 18.8 Å². The van der Waals surface area contributed by atoms with Gasteiger partial charge in [0.1, 0.15) is 5.76 Å². The molecule has 0 fully saturated rings. The van der Waals surface area contributed by atoms with Gasteiger partial charge >= 0.3 is 0 Å². The van der Waals surface area contributed by atoms with Crippen LogP contribution in [0.1, 0.15) is 18.6 Å². The predicted octanol–water partition coefficient (Wildman–Crippen LogP) is 2.51. The highest BCUT2D eigenvalue weighted by Crippen LogP contribution is 2.20. The van der Waals surface area contributed by atoms with Gasteiger partial charge in [0.15, 0.2) is 0 Å². The highest BCUT2D eigenvalue weighted by Gasteiger charge is 2.09. The summed E-state index contributed by atoms with van der Waals surface area (Å²) in [7, 11) is 0. The number of hydrogen-bond donors (Lipinski definition) is 3. The van der Waals surface area contributed by atoms with Crippen LogP contribution in [0, 0.1) is 0 Å². The SMILES string of the molecule is O=C(C=Cc1ccco1)NNC(=O)CCC(=O)Nc1ccccc1Cl. The Morgan fingerprint density at radius 1 is 1.00 bits per heavy atom. The van der Waals surface area contributed by atoms with E-state index in [0.29, 0.717) is 16.5 Å². The summed E-state index contributed by atoms with van der Waals surface area (Å²) in [5, 5.41) is 3.02. The molecule has 0 saturated carbocycles. The fraction of sp³-hybridized carbons (Fsp3) is 0.118. The first-order valence-electron chi connectivity index (χ1n) is 7.39. The molecule has 0 atom stereocenters. The van der Waals surface area contributed by atoms with Crippen molar-refractivity contribution in [2.45, 2.75) is 12.8 Å². The Morgan fingerprint density at radius 2 is 1.76 bits per heavy atom.